The number of aryl methyl sites for hydroxylation is 1. The highest BCUT2D eigenvalue weighted by molar-refractivity contribution is 5.89. The number of furan rings is 1. The smallest absolute Gasteiger partial charge is 0.359 e. The Labute approximate surface area is 115 Å². The maximum absolute atomic E-state index is 11.6. The number of nitrogens with zero attached hydrogens (tertiary/aromatic N) is 2. The Morgan fingerprint density at radius 2 is 2.20 bits per heavy atom. The fraction of sp³-hybridized carbons (Fsp3) is 0.231. The molecule has 1 amide bonds. The van der Waals surface area contributed by atoms with Gasteiger partial charge in [0.2, 0.25) is 0 Å². The van der Waals surface area contributed by atoms with Gasteiger partial charge in [-0.3, -0.25) is 9.78 Å². The van der Waals surface area contributed by atoms with Crippen molar-refractivity contribution < 1.29 is 18.7 Å². The molecule has 2 heterocycles. The van der Waals surface area contributed by atoms with Gasteiger partial charge in [0.15, 0.2) is 12.3 Å². The van der Waals surface area contributed by atoms with Gasteiger partial charge in [-0.1, -0.05) is 0 Å². The fourth-order valence-corrected chi connectivity index (χ4v) is 1.35. The predicted octanol–water partition coefficient (Wildman–Crippen LogP) is 0.851. The molecule has 0 saturated heterocycles. The molecule has 0 aromatic carbocycles. The maximum atomic E-state index is 11.6. The number of carbonyl (C=O) groups excluding carboxylic acids is 2. The number of hydrogen-bond acceptors (Lipinski definition) is 6. The topological polar surface area (TPSA) is 94.3 Å². The summed E-state index contributed by atoms with van der Waals surface area (Å²) in [6, 6.07) is 3.45. The second-order valence-corrected chi connectivity index (χ2v) is 3.98. The van der Waals surface area contributed by atoms with E-state index in [-0.39, 0.29) is 18.8 Å². The number of ether oxygens (including phenoxy) is 1. The molecule has 0 unspecified atom stereocenters. The summed E-state index contributed by atoms with van der Waals surface area (Å²) in [5.41, 5.74) is 0.757. The van der Waals surface area contributed by atoms with Gasteiger partial charge in [0.1, 0.15) is 5.76 Å². The molecule has 2 aromatic heterocycles. The fourth-order valence-electron chi connectivity index (χ4n) is 1.35. The third kappa shape index (κ3) is 3.91. The van der Waals surface area contributed by atoms with Crippen molar-refractivity contribution in [3.8, 4) is 0 Å². The first kappa shape index (κ1) is 13.7. The molecule has 2 rings (SSSR count). The first-order chi connectivity index (χ1) is 9.65. The van der Waals surface area contributed by atoms with E-state index in [1.165, 1.54) is 18.7 Å². The lowest BCUT2D eigenvalue weighted by Crippen LogP contribution is -2.28. The summed E-state index contributed by atoms with van der Waals surface area (Å²) in [7, 11) is 0. The van der Waals surface area contributed by atoms with Crippen LogP contribution in [-0.4, -0.2) is 28.5 Å². The minimum atomic E-state index is -0.689. The number of hydrogen-bond donors (Lipinski definition) is 1. The zero-order valence-electron chi connectivity index (χ0n) is 10.8. The molecule has 20 heavy (non-hydrogen) atoms. The molecule has 0 spiro atoms. The molecule has 104 valence electrons. The summed E-state index contributed by atoms with van der Waals surface area (Å²) in [4.78, 5) is 30.8. The van der Waals surface area contributed by atoms with E-state index in [0.29, 0.717) is 11.5 Å². The summed E-state index contributed by atoms with van der Waals surface area (Å²) >= 11 is 0. The van der Waals surface area contributed by atoms with E-state index >= 15 is 0 Å². The molecule has 0 aliphatic rings. The highest BCUT2D eigenvalue weighted by Gasteiger charge is 2.11. The Morgan fingerprint density at radius 3 is 2.85 bits per heavy atom. The van der Waals surface area contributed by atoms with Crippen LogP contribution in [0.3, 0.4) is 0 Å². The lowest BCUT2D eigenvalue weighted by Gasteiger charge is -2.05. The summed E-state index contributed by atoms with van der Waals surface area (Å²) in [6.45, 7) is 1.62. The van der Waals surface area contributed by atoms with E-state index in [1.54, 1.807) is 19.1 Å². The van der Waals surface area contributed by atoms with Crippen molar-refractivity contribution in [2.24, 2.45) is 0 Å². The molecule has 0 aliphatic heterocycles. The quantitative estimate of drug-likeness (QED) is 0.813. The van der Waals surface area contributed by atoms with Gasteiger partial charge in [-0.25, -0.2) is 9.78 Å². The zero-order valence-corrected chi connectivity index (χ0v) is 10.8. The second kappa shape index (κ2) is 6.46. The Balaban J connectivity index is 1.75. The van der Waals surface area contributed by atoms with Crippen molar-refractivity contribution in [2.45, 2.75) is 13.5 Å². The summed E-state index contributed by atoms with van der Waals surface area (Å²) in [5.74, 6) is -0.491. The SMILES string of the molecule is Cc1cnc(C(=O)OCC(=O)NCc2ccco2)cn1. The number of nitrogens with one attached hydrogen (secondary N) is 1. The molecule has 0 aliphatic carbocycles. The molecular formula is C13H13N3O4. The molecule has 7 heteroatoms. The lowest BCUT2D eigenvalue weighted by atomic mass is 10.4. The molecular weight excluding hydrogens is 262 g/mol. The van der Waals surface area contributed by atoms with Crippen LogP contribution in [0.15, 0.2) is 35.2 Å². The van der Waals surface area contributed by atoms with E-state index in [4.69, 9.17) is 9.15 Å². The van der Waals surface area contributed by atoms with Gasteiger partial charge >= 0.3 is 5.97 Å². The van der Waals surface area contributed by atoms with Gasteiger partial charge in [0.25, 0.3) is 5.91 Å². The third-order valence-electron chi connectivity index (χ3n) is 2.36. The summed E-state index contributed by atoms with van der Waals surface area (Å²) in [6.07, 6.45) is 4.27. The van der Waals surface area contributed by atoms with Crippen molar-refractivity contribution in [3.05, 3.63) is 47.9 Å². The van der Waals surface area contributed by atoms with Gasteiger partial charge in [-0.2, -0.15) is 0 Å². The van der Waals surface area contributed by atoms with Gasteiger partial charge in [0, 0.05) is 6.20 Å². The summed E-state index contributed by atoms with van der Waals surface area (Å²) in [5, 5.41) is 2.56. The average molecular weight is 275 g/mol. The predicted molar refractivity (Wildman–Crippen MR) is 67.6 cm³/mol. The Hall–Kier alpha value is -2.70. The van der Waals surface area contributed by atoms with Gasteiger partial charge in [0.05, 0.1) is 24.7 Å². The number of aromatic nitrogens is 2. The van der Waals surface area contributed by atoms with Crippen LogP contribution in [0.4, 0.5) is 0 Å². The number of amides is 1. The van der Waals surface area contributed by atoms with Crippen LogP contribution in [-0.2, 0) is 16.1 Å². The van der Waals surface area contributed by atoms with Crippen molar-refractivity contribution in [1.82, 2.24) is 15.3 Å². The van der Waals surface area contributed by atoms with Crippen molar-refractivity contribution >= 4 is 11.9 Å². The van der Waals surface area contributed by atoms with Crippen molar-refractivity contribution in [3.63, 3.8) is 0 Å². The average Bonchev–Trinajstić information content (AvgIpc) is 2.96. The van der Waals surface area contributed by atoms with Crippen molar-refractivity contribution in [2.75, 3.05) is 6.61 Å². The highest BCUT2D eigenvalue weighted by atomic mass is 16.5. The number of esters is 1. The molecule has 1 N–H and O–H groups in total. The normalized spacial score (nSPS) is 10.1. The molecule has 0 atom stereocenters. The van der Waals surface area contributed by atoms with Crippen LogP contribution < -0.4 is 5.32 Å². The third-order valence-corrected chi connectivity index (χ3v) is 2.36. The number of carbonyl (C=O) groups is 2. The molecule has 0 bridgehead atoms. The maximum Gasteiger partial charge on any atom is 0.359 e. The Morgan fingerprint density at radius 1 is 1.35 bits per heavy atom. The Bertz CT molecular complexity index is 578. The lowest BCUT2D eigenvalue weighted by molar-refractivity contribution is -0.124. The Kier molecular flexibility index (Phi) is 4.43. The van der Waals surface area contributed by atoms with Crippen LogP contribution >= 0.6 is 0 Å². The molecule has 7 nitrogen and oxygen atoms in total. The van der Waals surface area contributed by atoms with E-state index < -0.39 is 11.9 Å². The largest absolute Gasteiger partial charge is 0.467 e. The van der Waals surface area contributed by atoms with Crippen LogP contribution in [0.5, 0.6) is 0 Å². The first-order valence-corrected chi connectivity index (χ1v) is 5.90. The van der Waals surface area contributed by atoms with E-state index in [0.717, 1.165) is 0 Å². The number of rotatable bonds is 5. The minimum Gasteiger partial charge on any atom is -0.467 e. The molecule has 2 aromatic rings. The van der Waals surface area contributed by atoms with Crippen LogP contribution in [0.1, 0.15) is 21.9 Å². The molecule has 0 fully saturated rings. The van der Waals surface area contributed by atoms with Crippen LogP contribution in [0, 0.1) is 6.92 Å². The first-order valence-electron chi connectivity index (χ1n) is 5.90. The monoisotopic (exact) mass is 275 g/mol. The van der Waals surface area contributed by atoms with E-state index in [9.17, 15) is 9.59 Å². The molecule has 0 radical (unpaired) electrons. The van der Waals surface area contributed by atoms with Gasteiger partial charge in [-0.05, 0) is 19.1 Å². The highest BCUT2D eigenvalue weighted by Crippen LogP contribution is 1.99. The zero-order chi connectivity index (χ0) is 14.4. The van der Waals surface area contributed by atoms with Crippen molar-refractivity contribution in [1.29, 1.82) is 0 Å². The van der Waals surface area contributed by atoms with Crippen LogP contribution in [0.25, 0.3) is 0 Å². The van der Waals surface area contributed by atoms with E-state index in [2.05, 4.69) is 15.3 Å². The summed E-state index contributed by atoms with van der Waals surface area (Å²) < 4.78 is 9.86. The van der Waals surface area contributed by atoms with Gasteiger partial charge in [-0.15, -0.1) is 0 Å². The van der Waals surface area contributed by atoms with Crippen LogP contribution in [0.2, 0.25) is 0 Å². The molecule has 0 saturated carbocycles. The standard InChI is InChI=1S/C13H13N3O4/c1-9-5-15-11(7-14-9)13(18)20-8-12(17)16-6-10-3-2-4-19-10/h2-5,7H,6,8H2,1H3,(H,16,17). The second-order valence-electron chi connectivity index (χ2n) is 3.98. The minimum absolute atomic E-state index is 0.0643. The van der Waals surface area contributed by atoms with E-state index in [1.807, 2.05) is 0 Å². The van der Waals surface area contributed by atoms with Gasteiger partial charge < -0.3 is 14.5 Å².